The summed E-state index contributed by atoms with van der Waals surface area (Å²) in [4.78, 5) is 18.4. The number of carbonyl (C=O) groups is 1. The van der Waals surface area contributed by atoms with Gasteiger partial charge in [0.2, 0.25) is 0 Å². The molecule has 0 atom stereocenters. The van der Waals surface area contributed by atoms with Crippen molar-refractivity contribution >= 4 is 11.7 Å². The van der Waals surface area contributed by atoms with Gasteiger partial charge in [-0.1, -0.05) is 13.3 Å². The van der Waals surface area contributed by atoms with Crippen LogP contribution in [-0.4, -0.2) is 72.7 Å². The second-order valence-electron chi connectivity index (χ2n) is 5.65. The van der Waals surface area contributed by atoms with Gasteiger partial charge in [-0.05, 0) is 25.6 Å². The Kier molecular flexibility index (Phi) is 5.50. The molecule has 2 rings (SSSR count). The number of rotatable bonds is 5. The van der Waals surface area contributed by atoms with Gasteiger partial charge in [0, 0.05) is 39.8 Å². The molecular formula is C15H25N5O. The Balaban J connectivity index is 1.96. The van der Waals surface area contributed by atoms with E-state index in [1.165, 1.54) is 0 Å². The van der Waals surface area contributed by atoms with Crippen molar-refractivity contribution in [3.63, 3.8) is 0 Å². The first-order valence-electron chi connectivity index (χ1n) is 7.64. The maximum Gasteiger partial charge on any atom is 0.274 e. The Labute approximate surface area is 126 Å². The summed E-state index contributed by atoms with van der Waals surface area (Å²) in [5.41, 5.74) is 0.423. The van der Waals surface area contributed by atoms with E-state index in [0.717, 1.165) is 51.4 Å². The summed E-state index contributed by atoms with van der Waals surface area (Å²) >= 11 is 0. The molecule has 1 aromatic rings. The first-order valence-corrected chi connectivity index (χ1v) is 7.64. The molecule has 1 aromatic heterocycles. The Bertz CT molecular complexity index is 454. The maximum absolute atomic E-state index is 12.2. The molecule has 0 aliphatic carbocycles. The maximum atomic E-state index is 12.2. The molecule has 1 fully saturated rings. The molecule has 116 valence electrons. The lowest BCUT2D eigenvalue weighted by atomic mass is 10.3. The molecule has 1 amide bonds. The normalized spacial score (nSPS) is 16.0. The highest BCUT2D eigenvalue weighted by molar-refractivity contribution is 5.92. The van der Waals surface area contributed by atoms with Gasteiger partial charge in [-0.3, -0.25) is 4.79 Å². The van der Waals surface area contributed by atoms with Gasteiger partial charge >= 0.3 is 0 Å². The van der Waals surface area contributed by atoms with Crippen LogP contribution in [0.25, 0.3) is 0 Å². The van der Waals surface area contributed by atoms with Crippen molar-refractivity contribution in [2.24, 2.45) is 0 Å². The number of unbranched alkanes of at least 4 members (excludes halogenated alkanes) is 1. The number of nitrogens with zero attached hydrogens (tertiary/aromatic N) is 5. The largest absolute Gasteiger partial charge is 0.353 e. The van der Waals surface area contributed by atoms with E-state index in [4.69, 9.17) is 0 Å². The lowest BCUT2D eigenvalue weighted by Crippen LogP contribution is -2.44. The Morgan fingerprint density at radius 2 is 1.95 bits per heavy atom. The van der Waals surface area contributed by atoms with Crippen LogP contribution >= 0.6 is 0 Å². The molecule has 0 radical (unpaired) electrons. The molecule has 6 nitrogen and oxygen atoms in total. The highest BCUT2D eigenvalue weighted by atomic mass is 16.2. The summed E-state index contributed by atoms with van der Waals surface area (Å²) in [6, 6.07) is 3.69. The van der Waals surface area contributed by atoms with E-state index < -0.39 is 0 Å². The van der Waals surface area contributed by atoms with Gasteiger partial charge in [0.25, 0.3) is 5.91 Å². The topological polar surface area (TPSA) is 52.6 Å². The fourth-order valence-electron chi connectivity index (χ4n) is 2.34. The highest BCUT2D eigenvalue weighted by Gasteiger charge is 2.17. The SMILES string of the molecule is CCCCN(C)C(=O)c1ccc(N2CCN(C)CC2)nn1. The van der Waals surface area contributed by atoms with Crippen molar-refractivity contribution in [2.45, 2.75) is 19.8 Å². The molecule has 1 aliphatic heterocycles. The first kappa shape index (κ1) is 15.7. The van der Waals surface area contributed by atoms with Crippen LogP contribution in [0.3, 0.4) is 0 Å². The van der Waals surface area contributed by atoms with E-state index in [-0.39, 0.29) is 5.91 Å². The average Bonchev–Trinajstić information content (AvgIpc) is 2.53. The number of aromatic nitrogens is 2. The average molecular weight is 291 g/mol. The zero-order valence-electron chi connectivity index (χ0n) is 13.2. The molecular weight excluding hydrogens is 266 g/mol. The Morgan fingerprint density at radius 3 is 2.52 bits per heavy atom. The van der Waals surface area contributed by atoms with Gasteiger partial charge in [-0.25, -0.2) is 0 Å². The van der Waals surface area contributed by atoms with Crippen LogP contribution in [0.5, 0.6) is 0 Å². The predicted octanol–water partition coefficient (Wildman–Crippen LogP) is 1.10. The van der Waals surface area contributed by atoms with E-state index in [0.29, 0.717) is 5.69 Å². The molecule has 0 bridgehead atoms. The summed E-state index contributed by atoms with van der Waals surface area (Å²) < 4.78 is 0. The second-order valence-corrected chi connectivity index (χ2v) is 5.65. The van der Waals surface area contributed by atoms with Crippen LogP contribution in [-0.2, 0) is 0 Å². The standard InChI is InChI=1S/C15H25N5O/c1-4-5-8-19(3)15(21)13-6-7-14(17-16-13)20-11-9-18(2)10-12-20/h6-7H,4-5,8-12H2,1-3H3. The molecule has 0 unspecified atom stereocenters. The van der Waals surface area contributed by atoms with E-state index >= 15 is 0 Å². The summed E-state index contributed by atoms with van der Waals surface area (Å²) in [7, 11) is 3.94. The molecule has 0 saturated carbocycles. The molecule has 21 heavy (non-hydrogen) atoms. The van der Waals surface area contributed by atoms with Crippen LogP contribution in [0.4, 0.5) is 5.82 Å². The van der Waals surface area contributed by atoms with Crippen molar-refractivity contribution in [3.05, 3.63) is 17.8 Å². The zero-order chi connectivity index (χ0) is 15.2. The summed E-state index contributed by atoms with van der Waals surface area (Å²) in [5.74, 6) is 0.803. The van der Waals surface area contributed by atoms with Crippen molar-refractivity contribution < 1.29 is 4.79 Å². The number of likely N-dealkylation sites (N-methyl/N-ethyl adjacent to an activating group) is 1. The number of hydrogen-bond acceptors (Lipinski definition) is 5. The van der Waals surface area contributed by atoms with E-state index in [1.54, 1.807) is 11.0 Å². The third kappa shape index (κ3) is 4.14. The number of hydrogen-bond donors (Lipinski definition) is 0. The Hall–Kier alpha value is -1.69. The molecule has 6 heteroatoms. The quantitative estimate of drug-likeness (QED) is 0.813. The fourth-order valence-corrected chi connectivity index (χ4v) is 2.34. The lowest BCUT2D eigenvalue weighted by Gasteiger charge is -2.32. The van der Waals surface area contributed by atoms with Crippen LogP contribution in [0.1, 0.15) is 30.3 Å². The number of carbonyl (C=O) groups excluding carboxylic acids is 1. The third-order valence-corrected chi connectivity index (χ3v) is 3.89. The number of piperazine rings is 1. The smallest absolute Gasteiger partial charge is 0.274 e. The summed E-state index contributed by atoms with van der Waals surface area (Å²) in [5, 5.41) is 8.33. The van der Waals surface area contributed by atoms with Crippen LogP contribution in [0, 0.1) is 0 Å². The van der Waals surface area contributed by atoms with Crippen LogP contribution in [0.2, 0.25) is 0 Å². The monoisotopic (exact) mass is 291 g/mol. The second kappa shape index (κ2) is 7.36. The minimum atomic E-state index is -0.0547. The summed E-state index contributed by atoms with van der Waals surface area (Å²) in [6.07, 6.45) is 2.08. The minimum Gasteiger partial charge on any atom is -0.353 e. The van der Waals surface area contributed by atoms with E-state index in [1.807, 2.05) is 13.1 Å². The Morgan fingerprint density at radius 1 is 1.24 bits per heavy atom. The zero-order valence-corrected chi connectivity index (χ0v) is 13.2. The molecule has 0 aromatic carbocycles. The third-order valence-electron chi connectivity index (χ3n) is 3.89. The van der Waals surface area contributed by atoms with E-state index in [9.17, 15) is 4.79 Å². The van der Waals surface area contributed by atoms with Gasteiger partial charge in [0.15, 0.2) is 11.5 Å². The minimum absolute atomic E-state index is 0.0547. The molecule has 1 aliphatic rings. The van der Waals surface area contributed by atoms with Crippen molar-refractivity contribution in [2.75, 3.05) is 51.7 Å². The van der Waals surface area contributed by atoms with Crippen LogP contribution < -0.4 is 4.90 Å². The van der Waals surface area contributed by atoms with Crippen molar-refractivity contribution in [1.29, 1.82) is 0 Å². The van der Waals surface area contributed by atoms with Crippen molar-refractivity contribution in [3.8, 4) is 0 Å². The van der Waals surface area contributed by atoms with Gasteiger partial charge in [0.05, 0.1) is 0 Å². The number of anilines is 1. The van der Waals surface area contributed by atoms with Crippen molar-refractivity contribution in [1.82, 2.24) is 20.0 Å². The summed E-state index contributed by atoms with van der Waals surface area (Å²) in [6.45, 7) is 6.84. The fraction of sp³-hybridized carbons (Fsp3) is 0.667. The molecule has 2 heterocycles. The van der Waals surface area contributed by atoms with Gasteiger partial charge in [-0.15, -0.1) is 10.2 Å². The molecule has 1 saturated heterocycles. The predicted molar refractivity (Wildman–Crippen MR) is 83.6 cm³/mol. The first-order chi connectivity index (χ1) is 10.1. The van der Waals surface area contributed by atoms with Gasteiger partial charge < -0.3 is 14.7 Å². The highest BCUT2D eigenvalue weighted by Crippen LogP contribution is 2.12. The molecule has 0 spiro atoms. The van der Waals surface area contributed by atoms with Gasteiger partial charge in [-0.2, -0.15) is 0 Å². The van der Waals surface area contributed by atoms with E-state index in [2.05, 4.69) is 34.0 Å². The van der Waals surface area contributed by atoms with Crippen LogP contribution in [0.15, 0.2) is 12.1 Å². The molecule has 0 N–H and O–H groups in total. The number of amides is 1. The lowest BCUT2D eigenvalue weighted by molar-refractivity contribution is 0.0786. The van der Waals surface area contributed by atoms with Gasteiger partial charge in [0.1, 0.15) is 0 Å².